The first kappa shape index (κ1) is 15.4. The first-order chi connectivity index (χ1) is 9.95. The van der Waals surface area contributed by atoms with Gasteiger partial charge >= 0.3 is 0 Å². The number of anilines is 1. The maximum atomic E-state index is 12.7. The van der Waals surface area contributed by atoms with E-state index in [1.165, 1.54) is 24.3 Å². The van der Waals surface area contributed by atoms with E-state index in [-0.39, 0.29) is 30.3 Å². The molecule has 3 nitrogen and oxygen atoms in total. The van der Waals surface area contributed by atoms with E-state index in [0.717, 1.165) is 9.75 Å². The van der Waals surface area contributed by atoms with Gasteiger partial charge in [-0.05, 0) is 44.2 Å². The molecule has 21 heavy (non-hydrogen) atoms. The smallest absolute Gasteiger partial charge is 0.224 e. The molecule has 0 aliphatic carbocycles. The fraction of sp³-hybridized carbons (Fsp3) is 0.250. The number of carbonyl (C=O) groups excluding carboxylic acids is 2. The highest BCUT2D eigenvalue weighted by Crippen LogP contribution is 2.22. The Morgan fingerprint density at radius 1 is 1.14 bits per heavy atom. The van der Waals surface area contributed by atoms with Gasteiger partial charge in [-0.15, -0.1) is 11.3 Å². The van der Waals surface area contributed by atoms with Crippen LogP contribution in [0.1, 0.15) is 33.0 Å². The number of hydrogen-bond donors (Lipinski definition) is 1. The lowest BCUT2D eigenvalue weighted by Gasteiger charge is -2.04. The van der Waals surface area contributed by atoms with E-state index in [4.69, 9.17) is 0 Å². The molecule has 1 heterocycles. The number of hydrogen-bond acceptors (Lipinski definition) is 3. The summed E-state index contributed by atoms with van der Waals surface area (Å²) in [6.07, 6.45) is 0.286. The Bertz CT molecular complexity index is 661. The molecule has 0 atom stereocenters. The lowest BCUT2D eigenvalue weighted by atomic mass is 10.1. The first-order valence-corrected chi connectivity index (χ1v) is 7.43. The first-order valence-electron chi connectivity index (χ1n) is 6.61. The highest BCUT2D eigenvalue weighted by Gasteiger charge is 2.13. The number of Topliss-reactive ketones (excluding diaryl/α,β-unsaturated/α-hetero) is 1. The summed E-state index contributed by atoms with van der Waals surface area (Å²) in [5.74, 6) is -0.628. The molecule has 0 bridgehead atoms. The summed E-state index contributed by atoms with van der Waals surface area (Å²) in [4.78, 5) is 25.9. The standard InChI is InChI=1S/C16H16FNO2S/c1-10-9-14(11(2)21-10)15(19)7-8-16(20)18-13-5-3-12(17)4-6-13/h3-6,9H,7-8H2,1-2H3,(H,18,20). The molecular weight excluding hydrogens is 289 g/mol. The van der Waals surface area contributed by atoms with Crippen molar-refractivity contribution in [2.75, 3.05) is 5.32 Å². The zero-order valence-electron chi connectivity index (χ0n) is 11.9. The van der Waals surface area contributed by atoms with Crippen molar-refractivity contribution in [1.29, 1.82) is 0 Å². The number of carbonyl (C=O) groups is 2. The Labute approximate surface area is 126 Å². The van der Waals surface area contributed by atoms with Crippen molar-refractivity contribution in [3.63, 3.8) is 0 Å². The van der Waals surface area contributed by atoms with Gasteiger partial charge in [-0.2, -0.15) is 0 Å². The van der Waals surface area contributed by atoms with Gasteiger partial charge in [-0.1, -0.05) is 0 Å². The van der Waals surface area contributed by atoms with Gasteiger partial charge in [0.25, 0.3) is 0 Å². The van der Waals surface area contributed by atoms with Crippen molar-refractivity contribution in [3.8, 4) is 0 Å². The van der Waals surface area contributed by atoms with E-state index in [1.807, 2.05) is 19.9 Å². The predicted octanol–water partition coefficient (Wildman–Crippen LogP) is 4.11. The lowest BCUT2D eigenvalue weighted by Crippen LogP contribution is -2.13. The molecule has 0 spiro atoms. The van der Waals surface area contributed by atoms with E-state index in [2.05, 4.69) is 5.32 Å². The van der Waals surface area contributed by atoms with E-state index < -0.39 is 0 Å². The van der Waals surface area contributed by atoms with Crippen molar-refractivity contribution in [2.45, 2.75) is 26.7 Å². The Morgan fingerprint density at radius 3 is 2.38 bits per heavy atom. The van der Waals surface area contributed by atoms with Crippen LogP contribution in [-0.2, 0) is 4.79 Å². The zero-order valence-corrected chi connectivity index (χ0v) is 12.7. The van der Waals surface area contributed by atoms with Crippen molar-refractivity contribution >= 4 is 28.7 Å². The molecule has 1 aromatic heterocycles. The normalized spacial score (nSPS) is 10.4. The summed E-state index contributed by atoms with van der Waals surface area (Å²) in [6, 6.07) is 7.39. The minimum Gasteiger partial charge on any atom is -0.326 e. The summed E-state index contributed by atoms with van der Waals surface area (Å²) in [5.41, 5.74) is 1.23. The van der Waals surface area contributed by atoms with E-state index in [1.54, 1.807) is 11.3 Å². The lowest BCUT2D eigenvalue weighted by molar-refractivity contribution is -0.116. The summed E-state index contributed by atoms with van der Waals surface area (Å²) in [7, 11) is 0. The molecule has 2 aromatic rings. The summed E-state index contributed by atoms with van der Waals surface area (Å²) in [6.45, 7) is 3.86. The minimum absolute atomic E-state index is 0.0221. The Kier molecular flexibility index (Phi) is 4.85. The highest BCUT2D eigenvalue weighted by molar-refractivity contribution is 7.12. The number of rotatable bonds is 5. The Morgan fingerprint density at radius 2 is 1.81 bits per heavy atom. The fourth-order valence-electron chi connectivity index (χ4n) is 2.03. The maximum absolute atomic E-state index is 12.7. The summed E-state index contributed by atoms with van der Waals surface area (Å²) in [5, 5.41) is 2.64. The number of benzene rings is 1. The van der Waals surface area contributed by atoms with Gasteiger partial charge in [-0.3, -0.25) is 9.59 Å². The molecule has 0 radical (unpaired) electrons. The molecule has 0 saturated heterocycles. The largest absolute Gasteiger partial charge is 0.326 e. The second kappa shape index (κ2) is 6.63. The third-order valence-corrected chi connectivity index (χ3v) is 4.01. The zero-order chi connectivity index (χ0) is 15.4. The summed E-state index contributed by atoms with van der Waals surface area (Å²) >= 11 is 1.58. The average molecular weight is 305 g/mol. The van der Waals surface area contributed by atoms with Gasteiger partial charge in [0, 0.05) is 33.8 Å². The average Bonchev–Trinajstić information content (AvgIpc) is 2.78. The molecule has 0 unspecified atom stereocenters. The van der Waals surface area contributed by atoms with Crippen molar-refractivity contribution in [1.82, 2.24) is 0 Å². The molecule has 0 aliphatic rings. The Balaban J connectivity index is 1.88. The van der Waals surface area contributed by atoms with Crippen LogP contribution >= 0.6 is 11.3 Å². The second-order valence-corrected chi connectivity index (χ2v) is 6.27. The van der Waals surface area contributed by atoms with Gasteiger partial charge in [0.15, 0.2) is 5.78 Å². The molecule has 0 aliphatic heterocycles. The topological polar surface area (TPSA) is 46.2 Å². The van der Waals surface area contributed by atoms with Crippen molar-refractivity contribution < 1.29 is 14.0 Å². The van der Waals surface area contributed by atoms with Gasteiger partial charge in [0.2, 0.25) is 5.91 Å². The monoisotopic (exact) mass is 305 g/mol. The SMILES string of the molecule is Cc1cc(C(=O)CCC(=O)Nc2ccc(F)cc2)c(C)s1. The van der Waals surface area contributed by atoms with Gasteiger partial charge < -0.3 is 5.32 Å². The van der Waals surface area contributed by atoms with Crippen LogP contribution in [0, 0.1) is 19.7 Å². The number of aryl methyl sites for hydroxylation is 2. The van der Waals surface area contributed by atoms with Crippen LogP contribution in [0.25, 0.3) is 0 Å². The van der Waals surface area contributed by atoms with Crippen LogP contribution in [0.2, 0.25) is 0 Å². The fourth-order valence-corrected chi connectivity index (χ4v) is 2.97. The predicted molar refractivity (Wildman–Crippen MR) is 82.4 cm³/mol. The summed E-state index contributed by atoms with van der Waals surface area (Å²) < 4.78 is 12.7. The maximum Gasteiger partial charge on any atom is 0.224 e. The number of nitrogens with one attached hydrogen (secondary N) is 1. The quantitative estimate of drug-likeness (QED) is 0.845. The molecule has 1 N–H and O–H groups in total. The van der Waals surface area contributed by atoms with E-state index in [9.17, 15) is 14.0 Å². The number of halogens is 1. The number of ketones is 1. The van der Waals surface area contributed by atoms with E-state index in [0.29, 0.717) is 11.3 Å². The van der Waals surface area contributed by atoms with Gasteiger partial charge in [0.1, 0.15) is 5.82 Å². The van der Waals surface area contributed by atoms with Gasteiger partial charge in [0.05, 0.1) is 0 Å². The minimum atomic E-state index is -0.355. The van der Waals surface area contributed by atoms with Crippen LogP contribution in [0.15, 0.2) is 30.3 Å². The molecule has 0 fully saturated rings. The number of thiophene rings is 1. The van der Waals surface area contributed by atoms with Crippen LogP contribution in [0.5, 0.6) is 0 Å². The third kappa shape index (κ3) is 4.23. The molecule has 1 aromatic carbocycles. The molecule has 110 valence electrons. The van der Waals surface area contributed by atoms with Crippen LogP contribution in [0.4, 0.5) is 10.1 Å². The van der Waals surface area contributed by atoms with Gasteiger partial charge in [-0.25, -0.2) is 4.39 Å². The molecule has 2 rings (SSSR count). The Hall–Kier alpha value is -2.01. The molecule has 5 heteroatoms. The van der Waals surface area contributed by atoms with Crippen LogP contribution in [-0.4, -0.2) is 11.7 Å². The van der Waals surface area contributed by atoms with Crippen molar-refractivity contribution in [3.05, 3.63) is 51.5 Å². The molecule has 1 amide bonds. The second-order valence-electron chi connectivity index (χ2n) is 4.81. The molecular formula is C16H16FNO2S. The third-order valence-electron chi connectivity index (χ3n) is 3.05. The highest BCUT2D eigenvalue weighted by atomic mass is 32.1. The van der Waals surface area contributed by atoms with Crippen LogP contribution in [0.3, 0.4) is 0 Å². The van der Waals surface area contributed by atoms with E-state index >= 15 is 0 Å². The van der Waals surface area contributed by atoms with Crippen LogP contribution < -0.4 is 5.32 Å². The molecule has 0 saturated carbocycles. The van der Waals surface area contributed by atoms with Crippen molar-refractivity contribution in [2.24, 2.45) is 0 Å². The number of amides is 1.